The van der Waals surface area contributed by atoms with Gasteiger partial charge in [0.2, 0.25) is 0 Å². The third-order valence-electron chi connectivity index (χ3n) is 9.22. The standard InChI is InChI=1S/2C16H36N.C2H5O3P/c2*1-5-9-10-11-12-13-14-15-16-17(6-2,7-3)8-4;1-2-6(3,4)5/h2*5-16H2,1-4H3;2H,1H2,(H2,3,4,5)/q2*+1;/p-2. The molecule has 0 heterocycles. The summed E-state index contributed by atoms with van der Waals surface area (Å²) in [5, 5.41) is 0. The summed E-state index contributed by atoms with van der Waals surface area (Å²) in [7, 11) is -4.38. The van der Waals surface area contributed by atoms with Crippen molar-refractivity contribution in [2.75, 3.05) is 52.4 Å². The minimum Gasteiger partial charge on any atom is -0.808 e. The molecule has 0 rings (SSSR count). The lowest BCUT2D eigenvalue weighted by Gasteiger charge is -2.35. The first kappa shape index (κ1) is 44.3. The van der Waals surface area contributed by atoms with Gasteiger partial charge in [-0.25, -0.2) is 0 Å². The molecule has 244 valence electrons. The molecule has 0 aromatic heterocycles. The zero-order chi connectivity index (χ0) is 31.2. The number of hydrogen-bond donors (Lipinski definition) is 0. The first-order chi connectivity index (χ1) is 19.0. The lowest BCUT2D eigenvalue weighted by atomic mass is 10.1. The van der Waals surface area contributed by atoms with Crippen LogP contribution in [0.2, 0.25) is 0 Å². The Labute approximate surface area is 253 Å². The van der Waals surface area contributed by atoms with Gasteiger partial charge in [0.05, 0.1) is 52.4 Å². The average molecular weight is 591 g/mol. The highest BCUT2D eigenvalue weighted by Gasteiger charge is 2.20. The average Bonchev–Trinajstić information content (AvgIpc) is 2.97. The maximum Gasteiger partial charge on any atom is 0.0786 e. The summed E-state index contributed by atoms with van der Waals surface area (Å²) in [4.78, 5) is 18.7. The predicted octanol–water partition coefficient (Wildman–Crippen LogP) is 9.05. The summed E-state index contributed by atoms with van der Waals surface area (Å²) in [6.45, 7) is 32.0. The van der Waals surface area contributed by atoms with Crippen LogP contribution in [0.1, 0.15) is 158 Å². The smallest absolute Gasteiger partial charge is 0.0786 e. The van der Waals surface area contributed by atoms with Crippen molar-refractivity contribution in [2.45, 2.75) is 158 Å². The van der Waals surface area contributed by atoms with Gasteiger partial charge in [-0.1, -0.05) is 103 Å². The van der Waals surface area contributed by atoms with Gasteiger partial charge in [-0.2, -0.15) is 0 Å². The molecule has 0 saturated carbocycles. The van der Waals surface area contributed by atoms with Crippen LogP contribution in [0.25, 0.3) is 0 Å². The van der Waals surface area contributed by atoms with Crippen LogP contribution >= 0.6 is 7.60 Å². The normalized spacial score (nSPS) is 11.8. The molecule has 0 radical (unpaired) electrons. The van der Waals surface area contributed by atoms with E-state index in [1.54, 1.807) is 0 Å². The van der Waals surface area contributed by atoms with E-state index in [0.717, 1.165) is 0 Å². The Morgan fingerprint density at radius 1 is 0.475 bits per heavy atom. The highest BCUT2D eigenvalue weighted by Crippen LogP contribution is 2.22. The van der Waals surface area contributed by atoms with E-state index in [-0.39, 0.29) is 0 Å². The summed E-state index contributed by atoms with van der Waals surface area (Å²) in [5.74, 6) is 0.382. The van der Waals surface area contributed by atoms with E-state index in [4.69, 9.17) is 0 Å². The first-order valence-electron chi connectivity index (χ1n) is 17.4. The Balaban J connectivity index is -0.000000569. The SMILES string of the molecule is C=CP(=O)([O-])[O-].CCCCCCCCCC[N+](CC)(CC)CC.CCCCCCCCCC[N+](CC)(CC)CC. The van der Waals surface area contributed by atoms with E-state index in [1.807, 2.05) is 0 Å². The molecule has 0 unspecified atom stereocenters. The van der Waals surface area contributed by atoms with Crippen molar-refractivity contribution in [3.05, 3.63) is 12.4 Å². The second-order valence-corrected chi connectivity index (χ2v) is 13.1. The van der Waals surface area contributed by atoms with Crippen LogP contribution in [0.4, 0.5) is 0 Å². The third kappa shape index (κ3) is 28.0. The molecule has 0 aromatic rings. The Bertz CT molecular complexity index is 505. The number of quaternary nitrogens is 2. The van der Waals surface area contributed by atoms with Crippen molar-refractivity contribution in [1.29, 1.82) is 0 Å². The molecule has 0 aliphatic carbocycles. The molecule has 0 bridgehead atoms. The Hall–Kier alpha value is -0.190. The zero-order valence-corrected chi connectivity index (χ0v) is 29.7. The molecule has 0 fully saturated rings. The van der Waals surface area contributed by atoms with Gasteiger partial charge in [0.15, 0.2) is 0 Å². The van der Waals surface area contributed by atoms with E-state index in [1.165, 1.54) is 164 Å². The zero-order valence-electron chi connectivity index (χ0n) is 28.8. The summed E-state index contributed by atoms with van der Waals surface area (Å²) in [5.41, 5.74) is 0. The minimum absolute atomic E-state index is 0.382. The van der Waals surface area contributed by atoms with Crippen molar-refractivity contribution in [3.63, 3.8) is 0 Å². The highest BCUT2D eigenvalue weighted by atomic mass is 31.2. The van der Waals surface area contributed by atoms with Gasteiger partial charge < -0.3 is 23.3 Å². The van der Waals surface area contributed by atoms with Crippen LogP contribution in [0.5, 0.6) is 0 Å². The van der Waals surface area contributed by atoms with Crippen molar-refractivity contribution < 1.29 is 23.3 Å². The lowest BCUT2D eigenvalue weighted by molar-refractivity contribution is -0.923. The fourth-order valence-corrected chi connectivity index (χ4v) is 5.45. The van der Waals surface area contributed by atoms with Crippen LogP contribution in [-0.4, -0.2) is 61.3 Å². The maximum absolute atomic E-state index is 9.35. The fraction of sp³-hybridized carbons (Fsp3) is 0.941. The van der Waals surface area contributed by atoms with E-state index in [2.05, 4.69) is 62.0 Å². The van der Waals surface area contributed by atoms with Crippen LogP contribution < -0.4 is 9.79 Å². The van der Waals surface area contributed by atoms with Gasteiger partial charge in [-0.15, -0.1) is 0 Å². The summed E-state index contributed by atoms with van der Waals surface area (Å²) < 4.78 is 12.0. The molecule has 40 heavy (non-hydrogen) atoms. The molecule has 0 spiro atoms. The monoisotopic (exact) mass is 591 g/mol. The van der Waals surface area contributed by atoms with Crippen LogP contribution in [-0.2, 0) is 4.57 Å². The maximum atomic E-state index is 9.35. The van der Waals surface area contributed by atoms with Gasteiger partial charge in [0.1, 0.15) is 0 Å². The Kier molecular flexibility index (Phi) is 33.5. The summed E-state index contributed by atoms with van der Waals surface area (Å²) in [6, 6.07) is 0. The predicted molar refractivity (Wildman–Crippen MR) is 177 cm³/mol. The largest absolute Gasteiger partial charge is 0.808 e. The topological polar surface area (TPSA) is 63.2 Å². The number of hydrogen-bond acceptors (Lipinski definition) is 3. The lowest BCUT2D eigenvalue weighted by Crippen LogP contribution is -2.48. The van der Waals surface area contributed by atoms with E-state index in [0.29, 0.717) is 5.82 Å². The molecular weight excluding hydrogens is 515 g/mol. The number of rotatable bonds is 25. The highest BCUT2D eigenvalue weighted by molar-refractivity contribution is 7.52. The second-order valence-electron chi connectivity index (χ2n) is 11.7. The molecule has 0 atom stereocenters. The van der Waals surface area contributed by atoms with E-state index in [9.17, 15) is 14.4 Å². The summed E-state index contributed by atoms with van der Waals surface area (Å²) in [6.07, 6.45) is 23.0. The summed E-state index contributed by atoms with van der Waals surface area (Å²) >= 11 is 0. The van der Waals surface area contributed by atoms with Crippen molar-refractivity contribution in [2.24, 2.45) is 0 Å². The number of nitrogens with zero attached hydrogens (tertiary/aromatic N) is 2. The second kappa shape index (κ2) is 30.3. The third-order valence-corrected chi connectivity index (χ3v) is 9.67. The molecule has 0 aliphatic heterocycles. The minimum atomic E-state index is -4.38. The van der Waals surface area contributed by atoms with Crippen molar-refractivity contribution in [1.82, 2.24) is 0 Å². The van der Waals surface area contributed by atoms with E-state index >= 15 is 0 Å². The van der Waals surface area contributed by atoms with Crippen LogP contribution in [0, 0.1) is 0 Å². The fourth-order valence-electron chi connectivity index (χ4n) is 5.45. The van der Waals surface area contributed by atoms with Crippen LogP contribution in [0.3, 0.4) is 0 Å². The molecule has 0 amide bonds. The van der Waals surface area contributed by atoms with Gasteiger partial charge in [0, 0.05) is 0 Å². The molecule has 0 aliphatic rings. The quantitative estimate of drug-likeness (QED) is 0.0605. The Morgan fingerprint density at radius 2 is 0.675 bits per heavy atom. The molecule has 0 N–H and O–H groups in total. The number of unbranched alkanes of at least 4 members (excludes halogenated alkanes) is 14. The molecule has 6 heteroatoms. The van der Waals surface area contributed by atoms with Crippen LogP contribution in [0.15, 0.2) is 12.4 Å². The van der Waals surface area contributed by atoms with Gasteiger partial charge in [-0.05, 0) is 74.8 Å². The van der Waals surface area contributed by atoms with E-state index < -0.39 is 7.60 Å². The molecule has 0 aromatic carbocycles. The van der Waals surface area contributed by atoms with Gasteiger partial charge in [0.25, 0.3) is 0 Å². The molecule has 5 nitrogen and oxygen atoms in total. The Morgan fingerprint density at radius 3 is 0.850 bits per heavy atom. The van der Waals surface area contributed by atoms with Gasteiger partial charge >= 0.3 is 0 Å². The van der Waals surface area contributed by atoms with Crippen molar-refractivity contribution in [3.8, 4) is 0 Å². The first-order valence-corrected chi connectivity index (χ1v) is 19.0. The van der Waals surface area contributed by atoms with Crippen molar-refractivity contribution >= 4 is 7.60 Å². The molecule has 0 saturated heterocycles. The van der Waals surface area contributed by atoms with Gasteiger partial charge in [-0.3, -0.25) is 0 Å². The molecular formula is C34H75N2O3P.